The molecule has 0 spiro atoms. The van der Waals surface area contributed by atoms with Gasteiger partial charge in [-0.25, -0.2) is 4.72 Å². The van der Waals surface area contributed by atoms with E-state index in [9.17, 15) is 36.0 Å². The van der Waals surface area contributed by atoms with E-state index in [2.05, 4.69) is 0 Å². The fourth-order valence-electron chi connectivity index (χ4n) is 4.52. The Morgan fingerprint density at radius 1 is 1.16 bits per heavy atom. The minimum Gasteiger partial charge on any atom is -0.455 e. The predicted octanol–water partition coefficient (Wildman–Crippen LogP) is 0.891. The zero-order valence-corrected chi connectivity index (χ0v) is 13.8. The molecule has 4 rings (SSSR count). The fraction of sp³-hybridized carbons (Fsp3) is 0.786. The fourth-order valence-corrected chi connectivity index (χ4v) is 4.99. The normalized spacial score (nSPS) is 34.0. The molecular formula is C14H16F3NO6S. The summed E-state index contributed by atoms with van der Waals surface area (Å²) in [6.45, 7) is -1.12. The topological polar surface area (TPSA) is 107 Å². The summed E-state index contributed by atoms with van der Waals surface area (Å²) in [6, 6.07) is 0. The third-order valence-corrected chi connectivity index (χ3v) is 6.42. The molecule has 11 heteroatoms. The van der Waals surface area contributed by atoms with Gasteiger partial charge in [-0.05, 0) is 38.0 Å². The Labute approximate surface area is 141 Å². The van der Waals surface area contributed by atoms with Crippen molar-refractivity contribution in [2.75, 3.05) is 6.61 Å². The van der Waals surface area contributed by atoms with Crippen LogP contribution >= 0.6 is 0 Å². The molecule has 0 aromatic rings. The van der Waals surface area contributed by atoms with Crippen molar-refractivity contribution in [1.29, 1.82) is 0 Å². The van der Waals surface area contributed by atoms with Crippen LogP contribution < -0.4 is 4.72 Å². The molecular weight excluding hydrogens is 367 g/mol. The van der Waals surface area contributed by atoms with Gasteiger partial charge < -0.3 is 4.74 Å². The number of amides is 1. The van der Waals surface area contributed by atoms with Crippen LogP contribution in [0.4, 0.5) is 13.2 Å². The second-order valence-electron chi connectivity index (χ2n) is 7.08. The molecule has 2 unspecified atom stereocenters. The van der Waals surface area contributed by atoms with Gasteiger partial charge in [-0.3, -0.25) is 14.4 Å². The van der Waals surface area contributed by atoms with E-state index in [1.54, 1.807) is 0 Å². The van der Waals surface area contributed by atoms with Crippen LogP contribution in [0.25, 0.3) is 0 Å². The van der Waals surface area contributed by atoms with Crippen LogP contribution in [0.5, 0.6) is 0 Å². The number of ketones is 1. The summed E-state index contributed by atoms with van der Waals surface area (Å²) < 4.78 is 63.8. The standard InChI is InChI=1S/C14H16F3NO6S/c15-14(16,17)25(22,23)18-10(19)6-24-12(21)13-3-7-1-8(4-13)11(20)9(2-7)5-13/h7-9H,1-6H2,(H,18,19). The second kappa shape index (κ2) is 5.68. The largest absolute Gasteiger partial charge is 0.516 e. The summed E-state index contributed by atoms with van der Waals surface area (Å²) in [5.41, 5.74) is -6.53. The molecule has 4 aliphatic rings. The first kappa shape index (κ1) is 18.2. The molecule has 0 saturated heterocycles. The van der Waals surface area contributed by atoms with E-state index in [0.717, 1.165) is 17.6 Å². The number of halogens is 3. The summed E-state index contributed by atoms with van der Waals surface area (Å²) in [6.07, 6.45) is 2.62. The number of esters is 1. The van der Waals surface area contributed by atoms with E-state index in [-0.39, 0.29) is 23.5 Å². The number of nitrogens with one attached hydrogen (secondary N) is 1. The zero-order valence-electron chi connectivity index (χ0n) is 13.0. The first-order valence-corrected chi connectivity index (χ1v) is 9.25. The quantitative estimate of drug-likeness (QED) is 0.723. The third-order valence-electron chi connectivity index (χ3n) is 5.31. The lowest BCUT2D eigenvalue weighted by atomic mass is 9.49. The number of carbonyl (C=O) groups excluding carboxylic acids is 3. The van der Waals surface area contributed by atoms with Crippen LogP contribution in [0.1, 0.15) is 32.1 Å². The Morgan fingerprint density at radius 2 is 1.72 bits per heavy atom. The van der Waals surface area contributed by atoms with Gasteiger partial charge >= 0.3 is 21.5 Å². The van der Waals surface area contributed by atoms with Gasteiger partial charge in [0.1, 0.15) is 5.78 Å². The highest BCUT2D eigenvalue weighted by Crippen LogP contribution is 2.59. The van der Waals surface area contributed by atoms with Crippen molar-refractivity contribution in [2.45, 2.75) is 37.6 Å². The van der Waals surface area contributed by atoms with Gasteiger partial charge in [0.25, 0.3) is 5.91 Å². The Balaban J connectivity index is 1.60. The molecule has 25 heavy (non-hydrogen) atoms. The number of sulfonamides is 1. The number of hydrogen-bond donors (Lipinski definition) is 1. The summed E-state index contributed by atoms with van der Waals surface area (Å²) in [5.74, 6) is -2.38. The summed E-state index contributed by atoms with van der Waals surface area (Å²) in [5, 5.41) is 0. The lowest BCUT2D eigenvalue weighted by Crippen LogP contribution is -2.55. The number of carbonyl (C=O) groups is 3. The van der Waals surface area contributed by atoms with E-state index in [0.29, 0.717) is 19.3 Å². The zero-order chi connectivity index (χ0) is 18.6. The van der Waals surface area contributed by atoms with E-state index in [4.69, 9.17) is 4.74 Å². The van der Waals surface area contributed by atoms with Gasteiger partial charge in [0.05, 0.1) is 5.41 Å². The van der Waals surface area contributed by atoms with E-state index in [1.165, 1.54) is 0 Å². The van der Waals surface area contributed by atoms with E-state index < -0.39 is 39.4 Å². The molecule has 4 saturated carbocycles. The van der Waals surface area contributed by atoms with Gasteiger partial charge in [0.2, 0.25) is 0 Å². The molecule has 0 aromatic heterocycles. The lowest BCUT2D eigenvalue weighted by Gasteiger charge is -2.53. The van der Waals surface area contributed by atoms with Crippen LogP contribution in [-0.2, 0) is 29.1 Å². The average Bonchev–Trinajstić information content (AvgIpc) is 2.47. The van der Waals surface area contributed by atoms with Crippen LogP contribution in [0, 0.1) is 23.2 Å². The Morgan fingerprint density at radius 3 is 2.24 bits per heavy atom. The summed E-state index contributed by atoms with van der Waals surface area (Å²) >= 11 is 0. The van der Waals surface area contributed by atoms with Gasteiger partial charge in [0, 0.05) is 11.8 Å². The Kier molecular flexibility index (Phi) is 4.12. The molecule has 7 nitrogen and oxygen atoms in total. The van der Waals surface area contributed by atoms with Gasteiger partial charge in [-0.2, -0.15) is 21.6 Å². The Hall–Kier alpha value is -1.65. The van der Waals surface area contributed by atoms with Crippen molar-refractivity contribution < 1.29 is 40.7 Å². The van der Waals surface area contributed by atoms with Crippen molar-refractivity contribution >= 4 is 27.7 Å². The molecule has 0 aromatic carbocycles. The minimum atomic E-state index is -5.83. The predicted molar refractivity (Wildman–Crippen MR) is 75.1 cm³/mol. The highest BCUT2D eigenvalue weighted by atomic mass is 32.2. The minimum absolute atomic E-state index is 0.147. The molecule has 4 bridgehead atoms. The lowest BCUT2D eigenvalue weighted by molar-refractivity contribution is -0.175. The van der Waals surface area contributed by atoms with Crippen LogP contribution in [0.3, 0.4) is 0 Å². The average molecular weight is 383 g/mol. The SMILES string of the molecule is O=C(COC(=O)C12CC3CC(C1)C(=O)C(C3)C2)NS(=O)(=O)C(F)(F)F. The monoisotopic (exact) mass is 383 g/mol. The van der Waals surface area contributed by atoms with Crippen molar-refractivity contribution in [3.8, 4) is 0 Å². The highest BCUT2D eigenvalue weighted by molar-refractivity contribution is 7.90. The number of Topliss-reactive ketones (excluding diaryl/α,β-unsaturated/α-hetero) is 1. The van der Waals surface area contributed by atoms with E-state index in [1.807, 2.05) is 0 Å². The van der Waals surface area contributed by atoms with E-state index >= 15 is 0 Å². The summed E-state index contributed by atoms with van der Waals surface area (Å²) in [4.78, 5) is 35.8. The molecule has 1 N–H and O–H groups in total. The molecule has 0 aliphatic heterocycles. The first-order chi connectivity index (χ1) is 11.4. The van der Waals surface area contributed by atoms with Crippen molar-refractivity contribution in [2.24, 2.45) is 23.2 Å². The molecule has 0 radical (unpaired) electrons. The maximum Gasteiger partial charge on any atom is 0.516 e. The number of hydrogen-bond acceptors (Lipinski definition) is 6. The smallest absolute Gasteiger partial charge is 0.455 e. The van der Waals surface area contributed by atoms with Crippen LogP contribution in [-0.4, -0.2) is 38.2 Å². The summed E-state index contributed by atoms with van der Waals surface area (Å²) in [7, 11) is -5.83. The molecule has 4 fully saturated rings. The van der Waals surface area contributed by atoms with Gasteiger partial charge in [0.15, 0.2) is 6.61 Å². The molecule has 140 valence electrons. The number of ether oxygens (including phenoxy) is 1. The second-order valence-corrected chi connectivity index (χ2v) is 8.75. The maximum absolute atomic E-state index is 12.4. The number of alkyl halides is 3. The molecule has 4 aliphatic carbocycles. The van der Waals surface area contributed by atoms with Crippen LogP contribution in [0.2, 0.25) is 0 Å². The van der Waals surface area contributed by atoms with Crippen molar-refractivity contribution in [1.82, 2.24) is 4.72 Å². The number of rotatable bonds is 4. The van der Waals surface area contributed by atoms with Crippen LogP contribution in [0.15, 0.2) is 0 Å². The van der Waals surface area contributed by atoms with Gasteiger partial charge in [-0.15, -0.1) is 0 Å². The van der Waals surface area contributed by atoms with Crippen molar-refractivity contribution in [3.05, 3.63) is 0 Å². The van der Waals surface area contributed by atoms with Crippen molar-refractivity contribution in [3.63, 3.8) is 0 Å². The molecule has 0 heterocycles. The van der Waals surface area contributed by atoms with Gasteiger partial charge in [-0.1, -0.05) is 0 Å². The first-order valence-electron chi connectivity index (χ1n) is 7.76. The molecule has 1 amide bonds. The highest BCUT2D eigenvalue weighted by Gasteiger charge is 2.59. The maximum atomic E-state index is 12.4. The molecule has 2 atom stereocenters. The Bertz CT molecular complexity index is 713. The third kappa shape index (κ3) is 3.13.